The van der Waals surface area contributed by atoms with Crippen molar-refractivity contribution in [1.29, 1.82) is 0 Å². The predicted molar refractivity (Wildman–Crippen MR) is 128 cm³/mol. The molecule has 0 radical (unpaired) electrons. The summed E-state index contributed by atoms with van der Waals surface area (Å²) in [4.78, 5) is 34.3. The Morgan fingerprint density at radius 3 is 2.66 bits per heavy atom. The van der Waals surface area contributed by atoms with Crippen LogP contribution in [0.5, 0.6) is 11.5 Å². The number of pyridine rings is 1. The molecule has 9 nitrogen and oxygen atoms in total. The molecule has 0 aliphatic carbocycles. The number of nitrogens with zero attached hydrogens (tertiary/aromatic N) is 4. The van der Waals surface area contributed by atoms with E-state index in [1.54, 1.807) is 0 Å². The molecule has 1 unspecified atom stereocenters. The van der Waals surface area contributed by atoms with E-state index < -0.39 is 35.1 Å². The molecule has 1 atom stereocenters. The van der Waals surface area contributed by atoms with Gasteiger partial charge in [-0.25, -0.2) is 9.18 Å². The summed E-state index contributed by atoms with van der Waals surface area (Å²) in [5.74, 6) is -1.68. The van der Waals surface area contributed by atoms with Gasteiger partial charge >= 0.3 is 12.1 Å². The zero-order chi connectivity index (χ0) is 27.4. The number of aliphatic hydroxyl groups is 1. The first-order valence-electron chi connectivity index (χ1n) is 11.7. The highest BCUT2D eigenvalue weighted by Gasteiger charge is 2.32. The Balaban J connectivity index is 1.79. The van der Waals surface area contributed by atoms with Crippen molar-refractivity contribution >= 4 is 11.7 Å². The summed E-state index contributed by atoms with van der Waals surface area (Å²) in [5, 5.41) is 9.15. The maximum atomic E-state index is 14.4. The molecule has 3 aromatic rings. The van der Waals surface area contributed by atoms with Crippen molar-refractivity contribution in [3.05, 3.63) is 80.5 Å². The highest BCUT2D eigenvalue weighted by Crippen LogP contribution is 2.31. The summed E-state index contributed by atoms with van der Waals surface area (Å²) in [5.41, 5.74) is -0.672. The van der Waals surface area contributed by atoms with Crippen molar-refractivity contribution < 1.29 is 32.1 Å². The van der Waals surface area contributed by atoms with Crippen molar-refractivity contribution in [2.45, 2.75) is 38.6 Å². The molecule has 38 heavy (non-hydrogen) atoms. The lowest BCUT2D eigenvalue weighted by atomic mass is 9.94. The van der Waals surface area contributed by atoms with Crippen LogP contribution in [-0.4, -0.2) is 38.1 Å². The minimum atomic E-state index is -4.91. The van der Waals surface area contributed by atoms with Gasteiger partial charge in [-0.2, -0.15) is 4.99 Å². The zero-order valence-electron chi connectivity index (χ0n) is 20.2. The lowest BCUT2D eigenvalue weighted by Gasteiger charge is -2.19. The molecule has 0 saturated carbocycles. The van der Waals surface area contributed by atoms with Crippen LogP contribution in [0.1, 0.15) is 24.0 Å². The van der Waals surface area contributed by atoms with Gasteiger partial charge in [0.15, 0.2) is 5.90 Å². The van der Waals surface area contributed by atoms with Crippen molar-refractivity contribution in [3.8, 4) is 11.5 Å². The molecule has 0 amide bonds. The molecule has 1 aromatic carbocycles. The molecule has 0 fully saturated rings. The summed E-state index contributed by atoms with van der Waals surface area (Å²) >= 11 is 0. The second-order valence-corrected chi connectivity index (χ2v) is 8.66. The second kappa shape index (κ2) is 11.2. The molecule has 0 saturated heterocycles. The fourth-order valence-electron chi connectivity index (χ4n) is 4.23. The van der Waals surface area contributed by atoms with Gasteiger partial charge in [-0.3, -0.25) is 18.9 Å². The number of alkyl halides is 3. The average Bonchev–Trinajstić information content (AvgIpc) is 3.03. The summed E-state index contributed by atoms with van der Waals surface area (Å²) in [7, 11) is 1.43. The number of hydrogen-bond donors (Lipinski definition) is 1. The third-order valence-electron chi connectivity index (χ3n) is 6.04. The molecular formula is C25H24F4N4O5. The molecule has 4 rings (SSSR count). The highest BCUT2D eigenvalue weighted by atomic mass is 19.4. The summed E-state index contributed by atoms with van der Waals surface area (Å²) in [6.45, 7) is -0.195. The van der Waals surface area contributed by atoms with E-state index in [0.29, 0.717) is 5.56 Å². The maximum absolute atomic E-state index is 14.4. The van der Waals surface area contributed by atoms with Gasteiger partial charge in [0.25, 0.3) is 5.56 Å². The summed E-state index contributed by atoms with van der Waals surface area (Å²) in [6, 6.07) is 6.31. The van der Waals surface area contributed by atoms with Crippen LogP contribution in [0.15, 0.2) is 57.3 Å². The quantitative estimate of drug-likeness (QED) is 0.465. The number of ether oxygens (including phenoxy) is 2. The number of halogens is 4. The van der Waals surface area contributed by atoms with Gasteiger partial charge in [0.1, 0.15) is 23.1 Å². The van der Waals surface area contributed by atoms with Gasteiger partial charge in [0, 0.05) is 38.4 Å². The molecule has 1 aliphatic rings. The molecular weight excluding hydrogens is 512 g/mol. The van der Waals surface area contributed by atoms with E-state index in [2.05, 4.69) is 14.7 Å². The normalized spacial score (nSPS) is 15.4. The van der Waals surface area contributed by atoms with E-state index in [1.165, 1.54) is 36.0 Å². The number of benzene rings is 1. The number of aromatic nitrogens is 3. The topological polar surface area (TPSA) is 108 Å². The molecule has 0 spiro atoms. The van der Waals surface area contributed by atoms with Gasteiger partial charge in [0.05, 0.1) is 11.8 Å². The fraction of sp³-hybridized carbons (Fsp3) is 0.360. The smallest absolute Gasteiger partial charge is 0.442 e. The van der Waals surface area contributed by atoms with Gasteiger partial charge in [0.2, 0.25) is 0 Å². The molecule has 2 aromatic heterocycles. The molecule has 1 aliphatic heterocycles. The van der Waals surface area contributed by atoms with Crippen LogP contribution in [-0.2, 0) is 26.4 Å². The van der Waals surface area contributed by atoms with E-state index in [9.17, 15) is 27.2 Å². The fourth-order valence-corrected chi connectivity index (χ4v) is 4.23. The number of aliphatic imine (C=N–C) groups is 1. The largest absolute Gasteiger partial charge is 0.573 e. The monoisotopic (exact) mass is 536 g/mol. The van der Waals surface area contributed by atoms with Crippen molar-refractivity contribution in [2.24, 2.45) is 18.0 Å². The maximum Gasteiger partial charge on any atom is 0.573 e. The van der Waals surface area contributed by atoms with E-state index in [-0.39, 0.29) is 61.9 Å². The first-order chi connectivity index (χ1) is 18.1. The number of hydrogen-bond acceptors (Lipinski definition) is 7. The molecule has 1 N–H and O–H groups in total. The molecule has 0 bridgehead atoms. The Hall–Kier alpha value is -4.00. The van der Waals surface area contributed by atoms with Crippen LogP contribution >= 0.6 is 0 Å². The first-order valence-corrected chi connectivity index (χ1v) is 11.7. The third kappa shape index (κ3) is 6.10. The van der Waals surface area contributed by atoms with Gasteiger partial charge in [-0.05, 0) is 49.4 Å². The van der Waals surface area contributed by atoms with Crippen molar-refractivity contribution in [1.82, 2.24) is 14.1 Å². The van der Waals surface area contributed by atoms with Crippen LogP contribution in [0.4, 0.5) is 23.4 Å². The number of fused-ring (bicyclic) bond motifs is 1. The van der Waals surface area contributed by atoms with Gasteiger partial charge < -0.3 is 14.6 Å². The Kier molecular flexibility index (Phi) is 7.95. The minimum Gasteiger partial charge on any atom is -0.442 e. The van der Waals surface area contributed by atoms with E-state index in [0.717, 1.165) is 22.9 Å². The predicted octanol–water partition coefficient (Wildman–Crippen LogP) is 3.28. The Labute approximate surface area is 213 Å². The second-order valence-electron chi connectivity index (χ2n) is 8.66. The molecule has 13 heteroatoms. The van der Waals surface area contributed by atoms with E-state index >= 15 is 0 Å². The van der Waals surface area contributed by atoms with Crippen LogP contribution in [0.3, 0.4) is 0 Å². The van der Waals surface area contributed by atoms with Crippen LogP contribution in [0.25, 0.3) is 0 Å². The zero-order valence-corrected chi connectivity index (χ0v) is 20.2. The Bertz CT molecular complexity index is 1470. The average molecular weight is 536 g/mol. The van der Waals surface area contributed by atoms with Crippen LogP contribution in [0.2, 0.25) is 0 Å². The number of aliphatic hydroxyl groups excluding tert-OH is 1. The van der Waals surface area contributed by atoms with Crippen molar-refractivity contribution in [3.63, 3.8) is 0 Å². The Morgan fingerprint density at radius 1 is 1.18 bits per heavy atom. The highest BCUT2D eigenvalue weighted by molar-refractivity contribution is 5.84. The summed E-state index contributed by atoms with van der Waals surface area (Å²) < 4.78 is 64.7. The molecule has 3 heterocycles. The minimum absolute atomic E-state index is 0.00775. The van der Waals surface area contributed by atoms with Crippen LogP contribution < -0.4 is 20.7 Å². The first kappa shape index (κ1) is 27.0. The molecule has 202 valence electrons. The summed E-state index contributed by atoms with van der Waals surface area (Å²) in [6.07, 6.45) is -1.71. The number of rotatable bonds is 7. The van der Waals surface area contributed by atoms with Gasteiger partial charge in [-0.1, -0.05) is 6.07 Å². The van der Waals surface area contributed by atoms with E-state index in [4.69, 9.17) is 9.84 Å². The third-order valence-corrected chi connectivity index (χ3v) is 6.04. The standard InChI is InChI=1S/C25H24F4N4O5/c1-32-21-19(23(35)33(24(32)36)10-3-11-34)7-6-16(12-15-8-9-30-14-20(15)26)22(31-21)37-17-4-2-5-18(13-17)38-25(27,28)29/h2,4-5,8-9,13-14,16,34H,3,6-7,10-12H2,1H3. The van der Waals surface area contributed by atoms with Gasteiger partial charge in [-0.15, -0.1) is 13.2 Å². The lowest BCUT2D eigenvalue weighted by molar-refractivity contribution is -0.274. The van der Waals surface area contributed by atoms with Crippen LogP contribution in [0, 0.1) is 11.7 Å². The van der Waals surface area contributed by atoms with E-state index in [1.807, 2.05) is 0 Å². The Morgan fingerprint density at radius 2 is 1.95 bits per heavy atom. The lowest BCUT2D eigenvalue weighted by Crippen LogP contribution is -2.41. The van der Waals surface area contributed by atoms with Crippen molar-refractivity contribution in [2.75, 3.05) is 6.61 Å². The SMILES string of the molecule is Cn1c2c(c(=O)n(CCCO)c1=O)CCC(Cc1ccncc1F)C(Oc1cccc(OC(F)(F)F)c1)=N2.